The van der Waals surface area contributed by atoms with E-state index in [1.807, 2.05) is 24.3 Å². The van der Waals surface area contributed by atoms with Crippen LogP contribution in [0.15, 0.2) is 48.5 Å². The Bertz CT molecular complexity index is 1450. The molecular weight excluding hydrogens is 1370 g/mol. The second-order valence-corrected chi connectivity index (χ2v) is 17.2. The summed E-state index contributed by atoms with van der Waals surface area (Å²) in [5.74, 6) is 0. The molecule has 0 N–H and O–H groups in total. The molecule has 0 aliphatic heterocycles. The van der Waals surface area contributed by atoms with E-state index in [0.29, 0.717) is 11.1 Å². The largest absolute Gasteiger partial charge is 0.192 e. The lowest BCUT2D eigenvalue weighted by Gasteiger charge is -2.17. The summed E-state index contributed by atoms with van der Waals surface area (Å²) in [6.07, 6.45) is 0.858. The number of nitriles is 2. The fraction of sp³-hybridized carbons (Fsp3) is 0.0370. The Hall–Kier alpha value is 1.70. The van der Waals surface area contributed by atoms with Crippen LogP contribution in [0.1, 0.15) is 22.3 Å². The Balaban J connectivity index is 1.73. The molecule has 0 aliphatic rings. The first kappa shape index (κ1) is 31.6. The van der Waals surface area contributed by atoms with Crippen molar-refractivity contribution >= 4 is 181 Å². The van der Waals surface area contributed by atoms with Crippen molar-refractivity contribution in [2.45, 2.75) is 6.42 Å². The van der Waals surface area contributed by atoms with Crippen LogP contribution in [0.2, 0.25) is 0 Å². The second kappa shape index (κ2) is 13.8. The Labute approximate surface area is 325 Å². The summed E-state index contributed by atoms with van der Waals surface area (Å²) in [5, 5.41) is 18.6. The standard InChI is InChI=1S/C27H10I8N2/c28-18-5-14(26-22(32)1-12(10-36)2-23(26)33)6-19(29)16(18)9-17-20(30)7-15(8-21(17)31)27-24(34)3-13(11-37)4-25(27)35/h1-8H,9H2. The van der Waals surface area contributed by atoms with Gasteiger partial charge in [0.2, 0.25) is 0 Å². The minimum atomic E-state index is 0.691. The van der Waals surface area contributed by atoms with Crippen LogP contribution in [0.3, 0.4) is 0 Å². The molecule has 0 spiro atoms. The van der Waals surface area contributed by atoms with Gasteiger partial charge in [0.15, 0.2) is 0 Å². The third kappa shape index (κ3) is 7.20. The van der Waals surface area contributed by atoms with Crippen molar-refractivity contribution in [2.75, 3.05) is 0 Å². The maximum atomic E-state index is 9.31. The van der Waals surface area contributed by atoms with Crippen molar-refractivity contribution in [1.82, 2.24) is 0 Å². The van der Waals surface area contributed by atoms with Crippen LogP contribution in [0.4, 0.5) is 0 Å². The highest BCUT2D eigenvalue weighted by Crippen LogP contribution is 2.38. The normalized spacial score (nSPS) is 10.8. The van der Waals surface area contributed by atoms with Crippen molar-refractivity contribution in [3.8, 4) is 34.4 Å². The van der Waals surface area contributed by atoms with Crippen molar-refractivity contribution in [3.63, 3.8) is 0 Å². The number of nitrogens with zero attached hydrogens (tertiary/aromatic N) is 2. The smallest absolute Gasteiger partial charge is 0.0992 e. The summed E-state index contributed by atoms with van der Waals surface area (Å²) in [6, 6.07) is 21.4. The predicted octanol–water partition coefficient (Wildman–Crippen LogP) is 11.2. The fourth-order valence-corrected chi connectivity index (χ4v) is 12.9. The third-order valence-electron chi connectivity index (χ3n) is 5.56. The summed E-state index contributed by atoms with van der Waals surface area (Å²) in [4.78, 5) is 0. The quantitative estimate of drug-likeness (QED) is 0.191. The molecule has 0 heterocycles. The predicted molar refractivity (Wildman–Crippen MR) is 218 cm³/mol. The van der Waals surface area contributed by atoms with Crippen LogP contribution in [0.5, 0.6) is 0 Å². The molecule has 10 heteroatoms. The van der Waals surface area contributed by atoms with Crippen LogP contribution >= 0.6 is 181 Å². The zero-order valence-corrected chi connectivity index (χ0v) is 35.5. The van der Waals surface area contributed by atoms with Crippen LogP contribution < -0.4 is 0 Å². The van der Waals surface area contributed by atoms with Gasteiger partial charge >= 0.3 is 0 Å². The molecule has 0 amide bonds. The van der Waals surface area contributed by atoms with E-state index in [1.54, 1.807) is 0 Å². The highest BCUT2D eigenvalue weighted by molar-refractivity contribution is 14.1. The molecule has 0 unspecified atom stereocenters. The van der Waals surface area contributed by atoms with Gasteiger partial charge in [-0.2, -0.15) is 10.5 Å². The van der Waals surface area contributed by atoms with Crippen molar-refractivity contribution in [2.24, 2.45) is 0 Å². The molecule has 0 fully saturated rings. The zero-order chi connectivity index (χ0) is 27.0. The van der Waals surface area contributed by atoms with Gasteiger partial charge in [-0.15, -0.1) is 0 Å². The molecule has 0 aromatic heterocycles. The molecular formula is C27H10I8N2. The molecule has 4 rings (SSSR count). The lowest BCUT2D eigenvalue weighted by molar-refractivity contribution is 1.13. The average molecular weight is 1380 g/mol. The molecule has 0 aliphatic carbocycles. The van der Waals surface area contributed by atoms with Crippen molar-refractivity contribution in [1.29, 1.82) is 10.5 Å². The second-order valence-electron chi connectivity index (χ2n) is 7.87. The van der Waals surface area contributed by atoms with Crippen LogP contribution in [0, 0.1) is 51.2 Å². The Morgan fingerprint density at radius 3 is 0.946 bits per heavy atom. The van der Waals surface area contributed by atoms with Crippen molar-refractivity contribution in [3.05, 3.63) is 99.3 Å². The van der Waals surface area contributed by atoms with Crippen LogP contribution in [0.25, 0.3) is 22.3 Å². The highest BCUT2D eigenvalue weighted by atomic mass is 127. The van der Waals surface area contributed by atoms with E-state index < -0.39 is 0 Å². The van der Waals surface area contributed by atoms with Gasteiger partial charge in [0.25, 0.3) is 0 Å². The van der Waals surface area contributed by atoms with E-state index in [4.69, 9.17) is 0 Å². The number of halogens is 8. The van der Waals surface area contributed by atoms with Gasteiger partial charge in [-0.25, -0.2) is 0 Å². The summed E-state index contributed by atoms with van der Waals surface area (Å²) < 4.78 is 9.31. The molecule has 0 atom stereocenters. The van der Waals surface area contributed by atoms with E-state index in [1.165, 1.54) is 47.7 Å². The van der Waals surface area contributed by atoms with E-state index >= 15 is 0 Å². The third-order valence-corrected chi connectivity index (χ3v) is 12.8. The maximum absolute atomic E-state index is 9.31. The highest BCUT2D eigenvalue weighted by Gasteiger charge is 2.18. The van der Waals surface area contributed by atoms with E-state index in [0.717, 1.165) is 20.7 Å². The van der Waals surface area contributed by atoms with Gasteiger partial charge in [-0.3, -0.25) is 0 Å². The van der Waals surface area contributed by atoms with Crippen LogP contribution in [-0.2, 0) is 6.42 Å². The first-order valence-electron chi connectivity index (χ1n) is 10.3. The fourth-order valence-electron chi connectivity index (χ4n) is 3.84. The van der Waals surface area contributed by atoms with E-state index in [9.17, 15) is 10.5 Å². The molecule has 37 heavy (non-hydrogen) atoms. The molecule has 0 bridgehead atoms. The Morgan fingerprint density at radius 1 is 0.432 bits per heavy atom. The SMILES string of the molecule is N#Cc1cc(I)c(-c2cc(I)c(Cc3c(I)cc(-c4c(I)cc(C#N)cc4I)cc3I)c(I)c2)c(I)c1. The minimum absolute atomic E-state index is 0.691. The topological polar surface area (TPSA) is 47.6 Å². The van der Waals surface area contributed by atoms with Gasteiger partial charge in [-0.1, -0.05) is 0 Å². The summed E-state index contributed by atoms with van der Waals surface area (Å²) in [5.41, 5.74) is 8.77. The van der Waals surface area contributed by atoms with E-state index in [-0.39, 0.29) is 0 Å². The van der Waals surface area contributed by atoms with Gasteiger partial charge in [-0.05, 0) is 252 Å². The Morgan fingerprint density at radius 2 is 0.703 bits per heavy atom. The minimum Gasteiger partial charge on any atom is -0.192 e. The van der Waals surface area contributed by atoms with Crippen LogP contribution in [-0.4, -0.2) is 0 Å². The molecule has 0 saturated heterocycles. The maximum Gasteiger partial charge on any atom is 0.0992 e. The summed E-state index contributed by atoms with van der Waals surface area (Å²) in [6.45, 7) is 0. The molecule has 2 nitrogen and oxygen atoms in total. The Kier molecular flexibility index (Phi) is 11.8. The lowest BCUT2D eigenvalue weighted by Crippen LogP contribution is -2.03. The van der Waals surface area contributed by atoms with Crippen molar-refractivity contribution < 1.29 is 0 Å². The average Bonchev–Trinajstić information content (AvgIpc) is 2.81. The number of rotatable bonds is 4. The van der Waals surface area contributed by atoms with Gasteiger partial charge in [0, 0.05) is 46.1 Å². The van der Waals surface area contributed by atoms with E-state index in [2.05, 4.69) is 217 Å². The number of hydrogen-bond acceptors (Lipinski definition) is 2. The zero-order valence-electron chi connectivity index (χ0n) is 18.2. The molecule has 0 saturated carbocycles. The van der Waals surface area contributed by atoms with Gasteiger partial charge in [0.05, 0.1) is 23.3 Å². The number of benzene rings is 4. The van der Waals surface area contributed by atoms with Gasteiger partial charge < -0.3 is 0 Å². The number of hydrogen-bond donors (Lipinski definition) is 0. The summed E-state index contributed by atoms with van der Waals surface area (Å²) >= 11 is 19.2. The molecule has 4 aromatic carbocycles. The molecule has 184 valence electrons. The first-order valence-corrected chi connectivity index (χ1v) is 18.9. The molecule has 0 radical (unpaired) electrons. The first-order chi connectivity index (χ1) is 17.5. The van der Waals surface area contributed by atoms with Gasteiger partial charge in [0.1, 0.15) is 0 Å². The molecule has 4 aromatic rings. The lowest BCUT2D eigenvalue weighted by atomic mass is 9.98. The summed E-state index contributed by atoms with van der Waals surface area (Å²) in [7, 11) is 0. The monoisotopic (exact) mass is 1380 g/mol.